The average Bonchev–Trinajstić information content (AvgIpc) is 2.51. The molecule has 1 fully saturated rings. The molecule has 0 atom stereocenters. The molecule has 0 unspecified atom stereocenters. The molecule has 1 saturated heterocycles. The summed E-state index contributed by atoms with van der Waals surface area (Å²) < 4.78 is 0. The largest absolute Gasteiger partial charge is 0.359 e. The quantitative estimate of drug-likeness (QED) is 0.668. The summed E-state index contributed by atoms with van der Waals surface area (Å²) in [5, 5.41) is 3.14. The van der Waals surface area contributed by atoms with Gasteiger partial charge in [0.1, 0.15) is 0 Å². The molecule has 0 saturated carbocycles. The van der Waals surface area contributed by atoms with Crippen molar-refractivity contribution in [3.8, 4) is 0 Å². The van der Waals surface area contributed by atoms with E-state index in [0.29, 0.717) is 0 Å². The van der Waals surface area contributed by atoms with Gasteiger partial charge in [0, 0.05) is 46.8 Å². The monoisotopic (exact) mass is 272 g/mol. The topological polar surface area (TPSA) is 30.9 Å². The molecule has 0 bridgehead atoms. The molecule has 1 heterocycles. The first-order valence-electron chi connectivity index (χ1n) is 7.17. The van der Waals surface area contributed by atoms with E-state index >= 15 is 0 Å². The Morgan fingerprint density at radius 2 is 1.90 bits per heavy atom. The van der Waals surface area contributed by atoms with Gasteiger partial charge < -0.3 is 10.2 Å². The SMILES string of the molecule is CN=C(NC)N1CCN(CC=Cc2ccccc2)CC1. The number of nitrogens with zero attached hydrogens (tertiary/aromatic N) is 3. The van der Waals surface area contributed by atoms with E-state index in [0.717, 1.165) is 38.7 Å². The summed E-state index contributed by atoms with van der Waals surface area (Å²) in [6.45, 7) is 5.25. The number of benzene rings is 1. The molecule has 1 aromatic carbocycles. The average molecular weight is 272 g/mol. The minimum Gasteiger partial charge on any atom is -0.359 e. The lowest BCUT2D eigenvalue weighted by molar-refractivity contribution is 0.195. The van der Waals surface area contributed by atoms with Gasteiger partial charge in [-0.05, 0) is 5.56 Å². The van der Waals surface area contributed by atoms with E-state index in [-0.39, 0.29) is 0 Å². The number of guanidine groups is 1. The van der Waals surface area contributed by atoms with Gasteiger partial charge in [0.25, 0.3) is 0 Å². The third kappa shape index (κ3) is 4.10. The van der Waals surface area contributed by atoms with Gasteiger partial charge in [-0.3, -0.25) is 9.89 Å². The number of piperazine rings is 1. The summed E-state index contributed by atoms with van der Waals surface area (Å²) in [4.78, 5) is 9.03. The fourth-order valence-corrected chi connectivity index (χ4v) is 2.46. The Labute approximate surface area is 121 Å². The van der Waals surface area contributed by atoms with Gasteiger partial charge in [0.15, 0.2) is 5.96 Å². The summed E-state index contributed by atoms with van der Waals surface area (Å²) in [6, 6.07) is 10.4. The lowest BCUT2D eigenvalue weighted by Gasteiger charge is -2.35. The Kier molecular flexibility index (Phi) is 5.62. The van der Waals surface area contributed by atoms with Crippen LogP contribution in [0.5, 0.6) is 0 Å². The number of hydrogen-bond acceptors (Lipinski definition) is 2. The molecular weight excluding hydrogens is 248 g/mol. The zero-order valence-corrected chi connectivity index (χ0v) is 12.4. The minimum absolute atomic E-state index is 0.990. The molecule has 1 aliphatic heterocycles. The summed E-state index contributed by atoms with van der Waals surface area (Å²) in [5.74, 6) is 0.990. The molecule has 0 spiro atoms. The van der Waals surface area contributed by atoms with Crippen LogP contribution in [0.25, 0.3) is 6.08 Å². The Bertz CT molecular complexity index is 445. The highest BCUT2D eigenvalue weighted by Crippen LogP contribution is 2.04. The molecular formula is C16H24N4. The fraction of sp³-hybridized carbons (Fsp3) is 0.438. The van der Waals surface area contributed by atoms with E-state index in [2.05, 4.69) is 56.5 Å². The number of aliphatic imine (C=N–C) groups is 1. The van der Waals surface area contributed by atoms with Gasteiger partial charge in [-0.1, -0.05) is 42.5 Å². The third-order valence-electron chi connectivity index (χ3n) is 3.58. The standard InChI is InChI=1S/C16H24N4/c1-17-16(18-2)20-13-11-19(12-14-20)10-6-9-15-7-4-3-5-8-15/h3-9H,10-14H2,1-2H3,(H,17,18). The molecule has 0 radical (unpaired) electrons. The second-order valence-electron chi connectivity index (χ2n) is 4.90. The molecule has 1 aliphatic rings. The van der Waals surface area contributed by atoms with E-state index < -0.39 is 0 Å². The maximum absolute atomic E-state index is 4.26. The predicted molar refractivity (Wildman–Crippen MR) is 85.9 cm³/mol. The molecule has 20 heavy (non-hydrogen) atoms. The van der Waals surface area contributed by atoms with E-state index in [1.807, 2.05) is 20.2 Å². The molecule has 108 valence electrons. The highest BCUT2D eigenvalue weighted by atomic mass is 15.3. The molecule has 0 aliphatic carbocycles. The van der Waals surface area contributed by atoms with E-state index in [4.69, 9.17) is 0 Å². The van der Waals surface area contributed by atoms with Crippen LogP contribution in [-0.4, -0.2) is 62.6 Å². The number of hydrogen-bond donors (Lipinski definition) is 1. The maximum Gasteiger partial charge on any atom is 0.193 e. The second kappa shape index (κ2) is 7.70. The second-order valence-corrected chi connectivity index (χ2v) is 4.90. The number of rotatable bonds is 3. The van der Waals surface area contributed by atoms with Crippen molar-refractivity contribution in [1.29, 1.82) is 0 Å². The molecule has 1 N–H and O–H groups in total. The van der Waals surface area contributed by atoms with E-state index in [9.17, 15) is 0 Å². The molecule has 0 aromatic heterocycles. The van der Waals surface area contributed by atoms with Crippen LogP contribution in [-0.2, 0) is 0 Å². The predicted octanol–water partition coefficient (Wildman–Crippen LogP) is 1.52. The Hall–Kier alpha value is -1.81. The van der Waals surface area contributed by atoms with Gasteiger partial charge >= 0.3 is 0 Å². The Morgan fingerprint density at radius 1 is 1.20 bits per heavy atom. The van der Waals surface area contributed by atoms with Gasteiger partial charge in [0.2, 0.25) is 0 Å². The van der Waals surface area contributed by atoms with Crippen LogP contribution in [0.2, 0.25) is 0 Å². The molecule has 2 rings (SSSR count). The number of nitrogens with one attached hydrogen (secondary N) is 1. The van der Waals surface area contributed by atoms with Crippen LogP contribution < -0.4 is 5.32 Å². The van der Waals surface area contributed by atoms with Crippen molar-refractivity contribution in [1.82, 2.24) is 15.1 Å². The fourth-order valence-electron chi connectivity index (χ4n) is 2.46. The van der Waals surface area contributed by atoms with Crippen molar-refractivity contribution in [2.24, 2.45) is 4.99 Å². The highest BCUT2D eigenvalue weighted by Gasteiger charge is 2.17. The van der Waals surface area contributed by atoms with Gasteiger partial charge in [-0.2, -0.15) is 0 Å². The van der Waals surface area contributed by atoms with Crippen LogP contribution >= 0.6 is 0 Å². The van der Waals surface area contributed by atoms with Crippen molar-refractivity contribution in [3.63, 3.8) is 0 Å². The molecule has 4 heteroatoms. The third-order valence-corrected chi connectivity index (χ3v) is 3.58. The maximum atomic E-state index is 4.26. The van der Waals surface area contributed by atoms with Crippen molar-refractivity contribution < 1.29 is 0 Å². The van der Waals surface area contributed by atoms with E-state index in [1.54, 1.807) is 0 Å². The van der Waals surface area contributed by atoms with Gasteiger partial charge in [-0.15, -0.1) is 0 Å². The zero-order valence-electron chi connectivity index (χ0n) is 12.4. The van der Waals surface area contributed by atoms with Crippen LogP contribution in [0.3, 0.4) is 0 Å². The summed E-state index contributed by atoms with van der Waals surface area (Å²) >= 11 is 0. The molecule has 1 aromatic rings. The van der Waals surface area contributed by atoms with E-state index in [1.165, 1.54) is 5.56 Å². The van der Waals surface area contributed by atoms with Crippen molar-refractivity contribution >= 4 is 12.0 Å². The first-order chi connectivity index (χ1) is 9.83. The lowest BCUT2D eigenvalue weighted by atomic mass is 10.2. The van der Waals surface area contributed by atoms with Gasteiger partial charge in [0.05, 0.1) is 0 Å². The molecule has 0 amide bonds. The van der Waals surface area contributed by atoms with Crippen LogP contribution in [0.1, 0.15) is 5.56 Å². The Morgan fingerprint density at radius 3 is 2.50 bits per heavy atom. The smallest absolute Gasteiger partial charge is 0.193 e. The summed E-state index contributed by atoms with van der Waals surface area (Å²) in [5.41, 5.74) is 1.27. The Balaban J connectivity index is 1.76. The first-order valence-corrected chi connectivity index (χ1v) is 7.17. The van der Waals surface area contributed by atoms with Crippen LogP contribution in [0, 0.1) is 0 Å². The van der Waals surface area contributed by atoms with Crippen molar-refractivity contribution in [2.75, 3.05) is 46.8 Å². The lowest BCUT2D eigenvalue weighted by Crippen LogP contribution is -2.51. The highest BCUT2D eigenvalue weighted by molar-refractivity contribution is 5.79. The zero-order chi connectivity index (χ0) is 14.2. The summed E-state index contributed by atoms with van der Waals surface area (Å²) in [7, 11) is 3.76. The first kappa shape index (κ1) is 14.6. The summed E-state index contributed by atoms with van der Waals surface area (Å²) in [6.07, 6.45) is 4.44. The van der Waals surface area contributed by atoms with Gasteiger partial charge in [-0.25, -0.2) is 0 Å². The van der Waals surface area contributed by atoms with Crippen molar-refractivity contribution in [3.05, 3.63) is 42.0 Å². The minimum atomic E-state index is 0.990. The van der Waals surface area contributed by atoms with Crippen LogP contribution in [0.4, 0.5) is 0 Å². The van der Waals surface area contributed by atoms with Crippen LogP contribution in [0.15, 0.2) is 41.4 Å². The normalized spacial score (nSPS) is 17.7. The van der Waals surface area contributed by atoms with Crippen molar-refractivity contribution in [2.45, 2.75) is 0 Å². The molecule has 4 nitrogen and oxygen atoms in total.